The second-order valence-corrected chi connectivity index (χ2v) is 8.00. The van der Waals surface area contributed by atoms with Crippen molar-refractivity contribution in [3.05, 3.63) is 17.0 Å². The quantitative estimate of drug-likeness (QED) is 0.879. The monoisotopic (exact) mass is 304 g/mol. The van der Waals surface area contributed by atoms with Crippen molar-refractivity contribution in [3.8, 4) is 0 Å². The molecular weight excluding hydrogens is 284 g/mol. The maximum atomic E-state index is 12.4. The predicted molar refractivity (Wildman–Crippen MR) is 76.1 cm³/mol. The first kappa shape index (κ1) is 14.9. The van der Waals surface area contributed by atoms with Crippen LogP contribution in [0.2, 0.25) is 0 Å². The highest BCUT2D eigenvalue weighted by Gasteiger charge is 2.26. The molecule has 1 fully saturated rings. The Bertz CT molecular complexity index is 507. The first-order chi connectivity index (χ1) is 9.04. The summed E-state index contributed by atoms with van der Waals surface area (Å²) in [5, 5.41) is 3.20. The molecule has 1 aromatic heterocycles. The first-order valence-electron chi connectivity index (χ1n) is 6.41. The third-order valence-electron chi connectivity index (χ3n) is 3.12. The molecule has 1 aliphatic rings. The second-order valence-electron chi connectivity index (χ2n) is 4.56. The molecule has 7 heteroatoms. The molecule has 1 aromatic rings. The van der Waals surface area contributed by atoms with Gasteiger partial charge in [0.05, 0.1) is 12.7 Å². The van der Waals surface area contributed by atoms with Gasteiger partial charge in [0.15, 0.2) is 0 Å². The fraction of sp³-hybridized carbons (Fsp3) is 0.667. The molecule has 5 nitrogen and oxygen atoms in total. The Balaban J connectivity index is 2.05. The highest BCUT2D eigenvalue weighted by atomic mass is 32.2. The maximum Gasteiger partial charge on any atom is 0.252 e. The normalized spacial score (nSPS) is 20.9. The summed E-state index contributed by atoms with van der Waals surface area (Å²) in [5.74, 6) is 0. The molecule has 19 heavy (non-hydrogen) atoms. The Morgan fingerprint density at radius 2 is 2.32 bits per heavy atom. The van der Waals surface area contributed by atoms with Crippen LogP contribution in [0.3, 0.4) is 0 Å². The van der Waals surface area contributed by atoms with Gasteiger partial charge in [-0.1, -0.05) is 6.92 Å². The van der Waals surface area contributed by atoms with Crippen LogP contribution < -0.4 is 5.32 Å². The molecule has 1 aliphatic heterocycles. The van der Waals surface area contributed by atoms with Gasteiger partial charge < -0.3 is 10.1 Å². The lowest BCUT2D eigenvalue weighted by molar-refractivity contribution is 0.0206. The second kappa shape index (κ2) is 6.32. The van der Waals surface area contributed by atoms with Gasteiger partial charge in [-0.05, 0) is 18.6 Å². The summed E-state index contributed by atoms with van der Waals surface area (Å²) in [4.78, 5) is 1.09. The molecule has 0 amide bonds. The fourth-order valence-electron chi connectivity index (χ4n) is 1.96. The van der Waals surface area contributed by atoms with Gasteiger partial charge in [0.25, 0.3) is 10.0 Å². The molecule has 2 heterocycles. The van der Waals surface area contributed by atoms with E-state index in [9.17, 15) is 8.42 Å². The van der Waals surface area contributed by atoms with E-state index < -0.39 is 10.0 Å². The van der Waals surface area contributed by atoms with Crippen LogP contribution in [-0.2, 0) is 21.2 Å². The van der Waals surface area contributed by atoms with E-state index in [0.717, 1.165) is 17.8 Å². The molecule has 1 saturated heterocycles. The zero-order valence-electron chi connectivity index (χ0n) is 11.3. The first-order valence-corrected chi connectivity index (χ1v) is 8.67. The number of nitrogens with zero attached hydrogens (tertiary/aromatic N) is 1. The number of thiophene rings is 1. The molecule has 2 rings (SSSR count). The highest BCUT2D eigenvalue weighted by molar-refractivity contribution is 7.91. The molecule has 108 valence electrons. The fourth-order valence-corrected chi connectivity index (χ4v) is 4.67. The third-order valence-corrected chi connectivity index (χ3v) is 6.64. The number of aryl methyl sites for hydroxylation is 1. The van der Waals surface area contributed by atoms with Crippen LogP contribution in [0, 0.1) is 0 Å². The van der Waals surface area contributed by atoms with Crippen LogP contribution in [0.15, 0.2) is 16.3 Å². The summed E-state index contributed by atoms with van der Waals surface area (Å²) in [5.41, 5.74) is 0. The minimum atomic E-state index is -3.38. The van der Waals surface area contributed by atoms with Gasteiger partial charge in [0, 0.05) is 31.6 Å². The van der Waals surface area contributed by atoms with Crippen LogP contribution in [0.5, 0.6) is 0 Å². The molecule has 0 aromatic carbocycles. The number of morpholine rings is 1. The van der Waals surface area contributed by atoms with Crippen LogP contribution >= 0.6 is 11.3 Å². The van der Waals surface area contributed by atoms with E-state index in [4.69, 9.17) is 4.74 Å². The summed E-state index contributed by atoms with van der Waals surface area (Å²) in [6.07, 6.45) is 0.790. The van der Waals surface area contributed by atoms with Crippen molar-refractivity contribution in [2.75, 3.05) is 33.3 Å². The zero-order valence-corrected chi connectivity index (χ0v) is 12.9. The van der Waals surface area contributed by atoms with Crippen molar-refractivity contribution in [2.45, 2.75) is 23.7 Å². The van der Waals surface area contributed by atoms with E-state index in [2.05, 4.69) is 5.32 Å². The van der Waals surface area contributed by atoms with Crippen molar-refractivity contribution < 1.29 is 13.2 Å². The van der Waals surface area contributed by atoms with E-state index in [1.807, 2.05) is 13.0 Å². The molecule has 1 unspecified atom stereocenters. The lowest BCUT2D eigenvalue weighted by atomic mass is 10.3. The van der Waals surface area contributed by atoms with Crippen molar-refractivity contribution in [1.29, 1.82) is 0 Å². The van der Waals surface area contributed by atoms with E-state index in [-0.39, 0.29) is 6.10 Å². The molecule has 0 spiro atoms. The van der Waals surface area contributed by atoms with Gasteiger partial charge in [-0.3, -0.25) is 0 Å². The number of nitrogens with one attached hydrogen (secondary N) is 1. The average Bonchev–Trinajstić information content (AvgIpc) is 2.89. The molecule has 1 N–H and O–H groups in total. The van der Waals surface area contributed by atoms with Crippen LogP contribution in [0.4, 0.5) is 0 Å². The maximum absolute atomic E-state index is 12.4. The summed E-state index contributed by atoms with van der Waals surface area (Å²) >= 11 is 1.34. The van der Waals surface area contributed by atoms with Crippen LogP contribution in [-0.4, -0.2) is 52.1 Å². The third kappa shape index (κ3) is 3.55. The Hall–Kier alpha value is -0.470. The lowest BCUT2D eigenvalue weighted by Gasteiger charge is -2.27. The SMILES string of the molecule is CCc1ccc(S(=O)(=O)N(C)CC2CNCCO2)s1. The molecule has 0 saturated carbocycles. The standard InChI is InChI=1S/C12H20N2O3S2/c1-3-11-4-5-12(18-11)19(15,16)14(2)9-10-8-13-6-7-17-10/h4-5,10,13H,3,6-9H2,1-2H3. The molecule has 0 bridgehead atoms. The number of likely N-dealkylation sites (N-methyl/N-ethyl adjacent to an activating group) is 1. The summed E-state index contributed by atoms with van der Waals surface area (Å²) < 4.78 is 32.1. The average molecular weight is 304 g/mol. The lowest BCUT2D eigenvalue weighted by Crippen LogP contribution is -2.45. The van der Waals surface area contributed by atoms with Gasteiger partial charge in [0.1, 0.15) is 4.21 Å². The van der Waals surface area contributed by atoms with Gasteiger partial charge in [-0.2, -0.15) is 4.31 Å². The summed E-state index contributed by atoms with van der Waals surface area (Å²) in [6, 6.07) is 3.57. The Labute approximate surface area is 118 Å². The number of rotatable bonds is 5. The minimum absolute atomic E-state index is 0.0702. The molecule has 1 atom stereocenters. The van der Waals surface area contributed by atoms with Gasteiger partial charge in [-0.15, -0.1) is 11.3 Å². The van der Waals surface area contributed by atoms with Gasteiger partial charge in [-0.25, -0.2) is 8.42 Å². The highest BCUT2D eigenvalue weighted by Crippen LogP contribution is 2.24. The largest absolute Gasteiger partial charge is 0.374 e. The van der Waals surface area contributed by atoms with Crippen molar-refractivity contribution in [3.63, 3.8) is 0 Å². The zero-order chi connectivity index (χ0) is 13.9. The number of hydrogen-bond acceptors (Lipinski definition) is 5. The van der Waals surface area contributed by atoms with Crippen LogP contribution in [0.1, 0.15) is 11.8 Å². The van der Waals surface area contributed by atoms with Crippen LogP contribution in [0.25, 0.3) is 0 Å². The number of ether oxygens (including phenoxy) is 1. The predicted octanol–water partition coefficient (Wildman–Crippen LogP) is 0.919. The Morgan fingerprint density at radius 3 is 2.89 bits per heavy atom. The van der Waals surface area contributed by atoms with E-state index >= 15 is 0 Å². The van der Waals surface area contributed by atoms with Crippen molar-refractivity contribution in [1.82, 2.24) is 9.62 Å². The topological polar surface area (TPSA) is 58.6 Å². The Kier molecular flexibility index (Phi) is 4.97. The minimum Gasteiger partial charge on any atom is -0.374 e. The molecule has 0 aliphatic carbocycles. The van der Waals surface area contributed by atoms with E-state index in [1.54, 1.807) is 13.1 Å². The molecule has 0 radical (unpaired) electrons. The molecular formula is C12H20N2O3S2. The number of hydrogen-bond donors (Lipinski definition) is 1. The number of sulfonamides is 1. The van der Waals surface area contributed by atoms with Gasteiger partial charge in [0.2, 0.25) is 0 Å². The van der Waals surface area contributed by atoms with E-state index in [0.29, 0.717) is 23.9 Å². The summed E-state index contributed by atoms with van der Waals surface area (Å²) in [7, 11) is -1.77. The van der Waals surface area contributed by atoms with Gasteiger partial charge >= 0.3 is 0 Å². The van der Waals surface area contributed by atoms with Crippen molar-refractivity contribution >= 4 is 21.4 Å². The van der Waals surface area contributed by atoms with Crippen molar-refractivity contribution in [2.24, 2.45) is 0 Å². The smallest absolute Gasteiger partial charge is 0.252 e. The Morgan fingerprint density at radius 1 is 1.53 bits per heavy atom. The summed E-state index contributed by atoms with van der Waals surface area (Å²) in [6.45, 7) is 4.57. The van der Waals surface area contributed by atoms with E-state index in [1.165, 1.54) is 15.6 Å².